The third kappa shape index (κ3) is 3.06. The molecule has 110 valence electrons. The van der Waals surface area contributed by atoms with Gasteiger partial charge in [-0.1, -0.05) is 24.3 Å². The quantitative estimate of drug-likeness (QED) is 0.690. The minimum Gasteiger partial charge on any atom is -0.290 e. The fourth-order valence-corrected chi connectivity index (χ4v) is 2.01. The molecule has 0 atom stereocenters. The summed E-state index contributed by atoms with van der Waals surface area (Å²) in [5, 5.41) is 0. The van der Waals surface area contributed by atoms with Gasteiger partial charge in [0.1, 0.15) is 0 Å². The number of ketones is 4. The molecule has 0 amide bonds. The van der Waals surface area contributed by atoms with Crippen LogP contribution >= 0.6 is 0 Å². The first-order valence-corrected chi connectivity index (χ1v) is 6.72. The lowest BCUT2D eigenvalue weighted by molar-refractivity contribution is -0.115. The summed E-state index contributed by atoms with van der Waals surface area (Å²) in [6, 6.07) is 6.84. The maximum Gasteiger partial charge on any atom is 0.186 e. The third-order valence-corrected chi connectivity index (χ3v) is 3.53. The van der Waals surface area contributed by atoms with Gasteiger partial charge >= 0.3 is 0 Å². The maximum atomic E-state index is 11.2. The highest BCUT2D eigenvalue weighted by atomic mass is 16.1. The van der Waals surface area contributed by atoms with Crippen LogP contribution < -0.4 is 0 Å². The van der Waals surface area contributed by atoms with Crippen molar-refractivity contribution in [1.82, 2.24) is 0 Å². The Bertz CT molecular complexity index is 713. The van der Waals surface area contributed by atoms with Gasteiger partial charge in [0.05, 0.1) is 0 Å². The predicted molar refractivity (Wildman–Crippen MR) is 81.8 cm³/mol. The minimum atomic E-state index is -0.0924. The number of allylic oxidation sites excluding steroid dienone is 6. The van der Waals surface area contributed by atoms with Crippen LogP contribution in [-0.2, 0) is 9.59 Å². The average molecular weight is 294 g/mol. The van der Waals surface area contributed by atoms with Gasteiger partial charge in [0, 0.05) is 22.3 Å². The zero-order valence-electron chi connectivity index (χ0n) is 12.3. The van der Waals surface area contributed by atoms with E-state index in [1.807, 2.05) is 0 Å². The summed E-state index contributed by atoms with van der Waals surface area (Å²) in [5.74, 6) is -0.301. The molecule has 0 heterocycles. The minimum absolute atomic E-state index is 0.0582. The van der Waals surface area contributed by atoms with Crippen molar-refractivity contribution in [1.29, 1.82) is 0 Å². The second kappa shape index (κ2) is 6.26. The molecule has 4 nitrogen and oxygen atoms in total. The number of hydrogen-bond donors (Lipinski definition) is 0. The van der Waals surface area contributed by atoms with Crippen molar-refractivity contribution in [2.75, 3.05) is 0 Å². The Kier molecular flexibility index (Phi) is 4.41. The second-order valence-corrected chi connectivity index (χ2v) is 4.92. The van der Waals surface area contributed by atoms with Crippen molar-refractivity contribution in [3.63, 3.8) is 0 Å². The molecule has 0 saturated heterocycles. The molecule has 22 heavy (non-hydrogen) atoms. The Morgan fingerprint density at radius 3 is 1.23 bits per heavy atom. The molecule has 4 heteroatoms. The molecule has 1 aromatic rings. The van der Waals surface area contributed by atoms with Crippen molar-refractivity contribution in [2.45, 2.75) is 13.8 Å². The number of fused-ring (bicyclic) bond motifs is 1. The third-order valence-electron chi connectivity index (χ3n) is 3.53. The van der Waals surface area contributed by atoms with Crippen molar-refractivity contribution in [3.05, 3.63) is 70.8 Å². The molecule has 0 aliphatic heterocycles. The van der Waals surface area contributed by atoms with Crippen molar-refractivity contribution >= 4 is 23.1 Å². The van der Waals surface area contributed by atoms with Gasteiger partial charge in [-0.2, -0.15) is 0 Å². The Balaban J connectivity index is 0.000000164. The monoisotopic (exact) mass is 294 g/mol. The summed E-state index contributed by atoms with van der Waals surface area (Å²) in [5.41, 5.74) is 2.13. The zero-order chi connectivity index (χ0) is 16.3. The summed E-state index contributed by atoms with van der Waals surface area (Å²) in [6.45, 7) is 3.33. The lowest BCUT2D eigenvalue weighted by Crippen LogP contribution is -2.10. The summed E-state index contributed by atoms with van der Waals surface area (Å²) >= 11 is 0. The van der Waals surface area contributed by atoms with Gasteiger partial charge < -0.3 is 0 Å². The highest BCUT2D eigenvalue weighted by molar-refractivity contribution is 6.22. The van der Waals surface area contributed by atoms with E-state index in [4.69, 9.17) is 0 Å². The number of carbonyl (C=O) groups is 4. The molecule has 0 aromatic heterocycles. The summed E-state index contributed by atoms with van der Waals surface area (Å²) in [7, 11) is 0. The van der Waals surface area contributed by atoms with Crippen LogP contribution in [0.5, 0.6) is 0 Å². The van der Waals surface area contributed by atoms with Crippen molar-refractivity contribution in [2.24, 2.45) is 0 Å². The van der Waals surface area contributed by atoms with E-state index < -0.39 is 0 Å². The van der Waals surface area contributed by atoms with E-state index in [-0.39, 0.29) is 23.1 Å². The Labute approximate surface area is 127 Å². The van der Waals surface area contributed by atoms with E-state index in [1.54, 1.807) is 38.1 Å². The van der Waals surface area contributed by atoms with Gasteiger partial charge in [-0.15, -0.1) is 0 Å². The Morgan fingerprint density at radius 1 is 0.545 bits per heavy atom. The number of rotatable bonds is 0. The Morgan fingerprint density at radius 2 is 0.864 bits per heavy atom. The molecule has 1 aromatic carbocycles. The van der Waals surface area contributed by atoms with Gasteiger partial charge in [-0.25, -0.2) is 0 Å². The first kappa shape index (κ1) is 15.5. The molecule has 3 rings (SSSR count). The van der Waals surface area contributed by atoms with E-state index in [9.17, 15) is 19.2 Å². The first-order chi connectivity index (χ1) is 10.4. The smallest absolute Gasteiger partial charge is 0.186 e. The molecule has 0 bridgehead atoms. The summed E-state index contributed by atoms with van der Waals surface area (Å²) < 4.78 is 0. The SMILES string of the molecule is CC1=C(C)C(=O)C=CC1=O.O=C1C=CC(=O)c2ccccc21. The Hall–Kier alpha value is -2.88. The molecular weight excluding hydrogens is 280 g/mol. The van der Waals surface area contributed by atoms with Crippen molar-refractivity contribution in [3.8, 4) is 0 Å². The molecule has 0 unspecified atom stereocenters. The van der Waals surface area contributed by atoms with Gasteiger partial charge in [0.15, 0.2) is 23.1 Å². The van der Waals surface area contributed by atoms with E-state index in [0.29, 0.717) is 22.3 Å². The summed E-state index contributed by atoms with van der Waals surface area (Å²) in [4.78, 5) is 44.1. The lowest BCUT2D eigenvalue weighted by Gasteiger charge is -2.06. The zero-order valence-corrected chi connectivity index (χ0v) is 12.3. The fourth-order valence-electron chi connectivity index (χ4n) is 2.01. The van der Waals surface area contributed by atoms with Gasteiger partial charge in [0.25, 0.3) is 0 Å². The van der Waals surface area contributed by atoms with Crippen LogP contribution in [0, 0.1) is 0 Å². The summed E-state index contributed by atoms with van der Waals surface area (Å²) in [6.07, 6.45) is 5.24. The van der Waals surface area contributed by atoms with Crippen LogP contribution in [0.3, 0.4) is 0 Å². The van der Waals surface area contributed by atoms with E-state index in [1.165, 1.54) is 24.3 Å². The molecule has 0 spiro atoms. The normalized spacial score (nSPS) is 16.5. The van der Waals surface area contributed by atoms with Crippen LogP contribution in [0.25, 0.3) is 0 Å². The highest BCUT2D eigenvalue weighted by Crippen LogP contribution is 2.15. The first-order valence-electron chi connectivity index (χ1n) is 6.72. The number of carbonyl (C=O) groups excluding carboxylic acids is 4. The van der Waals surface area contributed by atoms with Gasteiger partial charge in [-0.05, 0) is 38.2 Å². The molecular formula is C18H14O4. The van der Waals surface area contributed by atoms with Crippen LogP contribution in [0.2, 0.25) is 0 Å². The molecule has 0 radical (unpaired) electrons. The van der Waals surface area contributed by atoms with Crippen LogP contribution in [0.4, 0.5) is 0 Å². The van der Waals surface area contributed by atoms with Crippen LogP contribution in [0.15, 0.2) is 59.7 Å². The molecule has 2 aliphatic carbocycles. The number of hydrogen-bond acceptors (Lipinski definition) is 4. The molecule has 0 N–H and O–H groups in total. The maximum absolute atomic E-state index is 11.2. The lowest BCUT2D eigenvalue weighted by atomic mass is 9.95. The molecule has 0 fully saturated rings. The average Bonchev–Trinajstić information content (AvgIpc) is 2.54. The van der Waals surface area contributed by atoms with Crippen molar-refractivity contribution < 1.29 is 19.2 Å². The van der Waals surface area contributed by atoms with E-state index in [2.05, 4.69) is 0 Å². The standard InChI is InChI=1S/C10H6O2.C8H8O2/c11-9-5-6-10(12)8-4-2-1-3-7(8)9;1-5-6(2)8(10)4-3-7(5)9/h1-6H;3-4H,1-2H3. The van der Waals surface area contributed by atoms with E-state index in [0.717, 1.165) is 0 Å². The van der Waals surface area contributed by atoms with E-state index >= 15 is 0 Å². The fraction of sp³-hybridized carbons (Fsp3) is 0.111. The van der Waals surface area contributed by atoms with Gasteiger partial charge in [0.2, 0.25) is 0 Å². The highest BCUT2D eigenvalue weighted by Gasteiger charge is 2.17. The van der Waals surface area contributed by atoms with Crippen LogP contribution in [0.1, 0.15) is 34.6 Å². The second-order valence-electron chi connectivity index (χ2n) is 4.92. The topological polar surface area (TPSA) is 68.3 Å². The van der Waals surface area contributed by atoms with Crippen LogP contribution in [-0.4, -0.2) is 23.1 Å². The number of benzene rings is 1. The predicted octanol–water partition coefficient (Wildman–Crippen LogP) is 2.65. The van der Waals surface area contributed by atoms with Gasteiger partial charge in [-0.3, -0.25) is 19.2 Å². The molecule has 2 aliphatic rings. The largest absolute Gasteiger partial charge is 0.290 e. The molecule has 0 saturated carbocycles.